The fourth-order valence-corrected chi connectivity index (χ4v) is 3.98. The molecule has 2 aromatic heterocycles. The Morgan fingerprint density at radius 2 is 1.84 bits per heavy atom. The smallest absolute Gasteiger partial charge is 0.496 e. The average Bonchev–Trinajstić information content (AvgIpc) is 2.92. The number of methoxy groups -OCH3 is 1. The number of primary amides is 1. The standard InChI is InChI=1S/C17H15BrF3N5O5S/c1-6-4-5-8(30-3)7(2)11(6)26-13(22)9(14(23)27)10-15(26)25-12(18)16(24-10)31-32(28,29)17(19,20)21/h4-5H,22H2,1-3H3,(H2,23,27). The minimum atomic E-state index is -6.06. The van der Waals surface area contributed by atoms with Crippen LogP contribution in [0.25, 0.3) is 16.9 Å². The highest BCUT2D eigenvalue weighted by molar-refractivity contribution is 9.10. The van der Waals surface area contributed by atoms with Gasteiger partial charge in [0.2, 0.25) is 0 Å². The summed E-state index contributed by atoms with van der Waals surface area (Å²) in [5, 5.41) is 0. The number of alkyl halides is 3. The van der Waals surface area contributed by atoms with Gasteiger partial charge in [0.1, 0.15) is 22.6 Å². The quantitative estimate of drug-likeness (QED) is 0.372. The number of benzene rings is 1. The van der Waals surface area contributed by atoms with Gasteiger partial charge in [-0.25, -0.2) is 9.97 Å². The summed E-state index contributed by atoms with van der Waals surface area (Å²) < 4.78 is 71.3. The number of hydrogen-bond acceptors (Lipinski definition) is 8. The van der Waals surface area contributed by atoms with Gasteiger partial charge in [0.05, 0.1) is 12.8 Å². The van der Waals surface area contributed by atoms with Gasteiger partial charge in [-0.2, -0.15) is 21.6 Å². The number of nitrogens with two attached hydrogens (primary N) is 2. The van der Waals surface area contributed by atoms with Gasteiger partial charge in [-0.05, 0) is 41.4 Å². The van der Waals surface area contributed by atoms with Crippen LogP contribution in [0.1, 0.15) is 21.5 Å². The van der Waals surface area contributed by atoms with Crippen LogP contribution in [0.3, 0.4) is 0 Å². The number of hydrogen-bond donors (Lipinski definition) is 2. The molecule has 0 radical (unpaired) electrons. The van der Waals surface area contributed by atoms with Crippen molar-refractivity contribution in [3.63, 3.8) is 0 Å². The van der Waals surface area contributed by atoms with Crippen LogP contribution < -0.4 is 20.4 Å². The summed E-state index contributed by atoms with van der Waals surface area (Å²) in [5.74, 6) is -1.84. The van der Waals surface area contributed by atoms with Gasteiger partial charge in [0, 0.05) is 5.56 Å². The first kappa shape index (κ1) is 23.6. The highest BCUT2D eigenvalue weighted by atomic mass is 79.9. The molecule has 2 heterocycles. The molecular formula is C17H15BrF3N5O5S. The summed E-state index contributed by atoms with van der Waals surface area (Å²) in [7, 11) is -4.60. The van der Waals surface area contributed by atoms with Gasteiger partial charge >= 0.3 is 15.6 Å². The summed E-state index contributed by atoms with van der Waals surface area (Å²) in [6.45, 7) is 3.46. The van der Waals surface area contributed by atoms with Crippen LogP contribution in [0.4, 0.5) is 19.0 Å². The molecule has 0 atom stereocenters. The van der Waals surface area contributed by atoms with Crippen LogP contribution in [0.15, 0.2) is 16.7 Å². The molecule has 1 aromatic carbocycles. The Balaban J connectivity index is 2.40. The van der Waals surface area contributed by atoms with E-state index in [2.05, 4.69) is 30.1 Å². The third-order valence-corrected chi connectivity index (χ3v) is 5.96. The molecule has 0 unspecified atom stereocenters. The monoisotopic (exact) mass is 537 g/mol. The van der Waals surface area contributed by atoms with E-state index in [-0.39, 0.29) is 22.5 Å². The van der Waals surface area contributed by atoms with Crippen molar-refractivity contribution in [3.8, 4) is 17.3 Å². The van der Waals surface area contributed by atoms with E-state index in [1.54, 1.807) is 26.0 Å². The molecule has 4 N–H and O–H groups in total. The molecule has 15 heteroatoms. The maximum atomic E-state index is 12.7. The summed E-state index contributed by atoms with van der Waals surface area (Å²) in [6, 6.07) is 3.42. The van der Waals surface area contributed by atoms with Crippen molar-refractivity contribution >= 4 is 48.9 Å². The third kappa shape index (κ3) is 3.70. The van der Waals surface area contributed by atoms with E-state index in [1.807, 2.05) is 0 Å². The van der Waals surface area contributed by atoms with Gasteiger partial charge in [-0.15, -0.1) is 0 Å². The van der Waals surface area contributed by atoms with Crippen molar-refractivity contribution in [1.82, 2.24) is 14.5 Å². The molecule has 0 aliphatic carbocycles. The number of fused-ring (bicyclic) bond motifs is 1. The predicted molar refractivity (Wildman–Crippen MR) is 111 cm³/mol. The zero-order chi connectivity index (χ0) is 24.2. The Morgan fingerprint density at radius 1 is 1.22 bits per heavy atom. The highest BCUT2D eigenvalue weighted by Crippen LogP contribution is 2.38. The normalized spacial score (nSPS) is 12.2. The fraction of sp³-hybridized carbons (Fsp3) is 0.235. The van der Waals surface area contributed by atoms with Crippen LogP contribution in [-0.2, 0) is 10.1 Å². The van der Waals surface area contributed by atoms with Crippen molar-refractivity contribution in [3.05, 3.63) is 33.4 Å². The van der Waals surface area contributed by atoms with E-state index in [0.29, 0.717) is 22.6 Å². The second-order valence-electron chi connectivity index (χ2n) is 6.49. The Labute approximate surface area is 187 Å². The number of aryl methyl sites for hydroxylation is 1. The Hall–Kier alpha value is -3.07. The number of aromatic nitrogens is 3. The minimum Gasteiger partial charge on any atom is -0.496 e. The SMILES string of the molecule is COc1ccc(C)c(-n2c(N)c(C(N)=O)c3nc(OS(=O)(=O)C(F)(F)F)c(Br)nc32)c1C. The number of anilines is 1. The fourth-order valence-electron chi connectivity index (χ4n) is 3.12. The van der Waals surface area contributed by atoms with Gasteiger partial charge < -0.3 is 20.4 Å². The van der Waals surface area contributed by atoms with Crippen molar-refractivity contribution < 1.29 is 35.3 Å². The number of rotatable bonds is 5. The van der Waals surface area contributed by atoms with Gasteiger partial charge in [0.15, 0.2) is 10.3 Å². The van der Waals surface area contributed by atoms with Crippen LogP contribution in [0, 0.1) is 13.8 Å². The second-order valence-corrected chi connectivity index (χ2v) is 8.78. The van der Waals surface area contributed by atoms with Crippen molar-refractivity contribution in [2.75, 3.05) is 12.8 Å². The predicted octanol–water partition coefficient (Wildman–Crippen LogP) is 2.72. The van der Waals surface area contributed by atoms with Gasteiger partial charge in [0.25, 0.3) is 11.8 Å². The Kier molecular flexibility index (Phi) is 5.76. The molecule has 0 saturated carbocycles. The molecule has 0 saturated heterocycles. The van der Waals surface area contributed by atoms with Crippen molar-refractivity contribution in [2.24, 2.45) is 5.73 Å². The lowest BCUT2D eigenvalue weighted by Gasteiger charge is -2.16. The molecule has 0 aliphatic heterocycles. The number of nitrogens with zero attached hydrogens (tertiary/aromatic N) is 3. The minimum absolute atomic E-state index is 0.0839. The second kappa shape index (κ2) is 7.81. The Bertz CT molecular complexity index is 1370. The maximum Gasteiger partial charge on any atom is 0.534 e. The first-order valence-corrected chi connectivity index (χ1v) is 10.7. The molecule has 10 nitrogen and oxygen atoms in total. The molecule has 32 heavy (non-hydrogen) atoms. The molecule has 172 valence electrons. The lowest BCUT2D eigenvalue weighted by atomic mass is 10.1. The summed E-state index contributed by atoms with van der Waals surface area (Å²) in [5.41, 5.74) is 6.78. The zero-order valence-electron chi connectivity index (χ0n) is 16.6. The zero-order valence-corrected chi connectivity index (χ0v) is 19.0. The van der Waals surface area contributed by atoms with E-state index in [1.165, 1.54) is 11.7 Å². The lowest BCUT2D eigenvalue weighted by molar-refractivity contribution is -0.0501. The van der Waals surface area contributed by atoms with E-state index in [9.17, 15) is 26.4 Å². The van der Waals surface area contributed by atoms with Crippen molar-refractivity contribution in [2.45, 2.75) is 19.4 Å². The number of halogens is 4. The topological polar surface area (TPSA) is 152 Å². The van der Waals surface area contributed by atoms with Crippen LogP contribution in [0.5, 0.6) is 11.6 Å². The number of carbonyl (C=O) groups excluding carboxylic acids is 1. The number of ether oxygens (including phenoxy) is 1. The molecule has 0 fully saturated rings. The average molecular weight is 538 g/mol. The summed E-state index contributed by atoms with van der Waals surface area (Å²) in [6.07, 6.45) is 0. The first-order chi connectivity index (χ1) is 14.7. The number of carbonyl (C=O) groups is 1. The Morgan fingerprint density at radius 3 is 2.38 bits per heavy atom. The summed E-state index contributed by atoms with van der Waals surface area (Å²) in [4.78, 5) is 19.9. The largest absolute Gasteiger partial charge is 0.534 e. The van der Waals surface area contributed by atoms with Crippen molar-refractivity contribution in [1.29, 1.82) is 0 Å². The molecular weight excluding hydrogens is 523 g/mol. The number of amides is 1. The van der Waals surface area contributed by atoms with E-state index in [4.69, 9.17) is 16.2 Å². The number of nitrogen functional groups attached to an aromatic ring is 1. The van der Waals surface area contributed by atoms with E-state index >= 15 is 0 Å². The molecule has 3 aromatic rings. The van der Waals surface area contributed by atoms with Gasteiger partial charge in [-0.3, -0.25) is 9.36 Å². The molecule has 1 amide bonds. The van der Waals surface area contributed by atoms with E-state index < -0.39 is 32.0 Å². The van der Waals surface area contributed by atoms with Crippen LogP contribution >= 0.6 is 15.9 Å². The van der Waals surface area contributed by atoms with E-state index in [0.717, 1.165) is 0 Å². The highest BCUT2D eigenvalue weighted by Gasteiger charge is 2.49. The summed E-state index contributed by atoms with van der Waals surface area (Å²) >= 11 is 2.85. The maximum absolute atomic E-state index is 12.7. The molecule has 0 spiro atoms. The molecule has 3 rings (SSSR count). The van der Waals surface area contributed by atoms with Crippen LogP contribution in [0.2, 0.25) is 0 Å². The van der Waals surface area contributed by atoms with Crippen LogP contribution in [-0.4, -0.2) is 41.5 Å². The molecule has 0 aliphatic rings. The van der Waals surface area contributed by atoms with Gasteiger partial charge in [-0.1, -0.05) is 6.07 Å². The molecule has 0 bridgehead atoms. The first-order valence-electron chi connectivity index (χ1n) is 8.53. The third-order valence-electron chi connectivity index (χ3n) is 4.50. The lowest BCUT2D eigenvalue weighted by Crippen LogP contribution is -2.28.